The number of fused-ring (bicyclic) bond motifs is 1. The van der Waals surface area contributed by atoms with Crippen LogP contribution in [-0.4, -0.2) is 49.6 Å². The Morgan fingerprint density at radius 2 is 1.83 bits per heavy atom. The fourth-order valence-corrected chi connectivity index (χ4v) is 3.96. The van der Waals surface area contributed by atoms with Crippen molar-refractivity contribution in [2.24, 2.45) is 5.92 Å². The average Bonchev–Trinajstić information content (AvgIpc) is 2.79. The maximum atomic E-state index is 13.2. The van der Waals surface area contributed by atoms with Crippen LogP contribution < -0.4 is 14.4 Å². The summed E-state index contributed by atoms with van der Waals surface area (Å²) in [6.45, 7) is 2.56. The fourth-order valence-electron chi connectivity index (χ4n) is 3.96. The van der Waals surface area contributed by atoms with Gasteiger partial charge in [-0.3, -0.25) is 9.59 Å². The summed E-state index contributed by atoms with van der Waals surface area (Å²) < 4.78 is 11.3. The van der Waals surface area contributed by atoms with E-state index in [1.807, 2.05) is 64.4 Å². The van der Waals surface area contributed by atoms with Gasteiger partial charge in [0.1, 0.15) is 18.1 Å². The van der Waals surface area contributed by atoms with Crippen molar-refractivity contribution in [3.63, 3.8) is 0 Å². The molecule has 0 saturated carbocycles. The standard InChI is InChI=1S/C23H26N2O4/c26-22(12-15-28-19-8-2-1-3-9-19)24-13-6-7-18(17-24)23(27)25-14-16-29-21-11-5-4-10-20(21)25/h1-5,8-11,18H,6-7,12-17H2. The summed E-state index contributed by atoms with van der Waals surface area (Å²) in [6, 6.07) is 17.1. The molecule has 2 aliphatic rings. The fraction of sp³-hybridized carbons (Fsp3) is 0.391. The molecule has 2 heterocycles. The second-order valence-corrected chi connectivity index (χ2v) is 7.40. The Morgan fingerprint density at radius 1 is 1.03 bits per heavy atom. The van der Waals surface area contributed by atoms with E-state index in [0.29, 0.717) is 39.3 Å². The van der Waals surface area contributed by atoms with Crippen molar-refractivity contribution >= 4 is 17.5 Å². The lowest BCUT2D eigenvalue weighted by atomic mass is 9.95. The van der Waals surface area contributed by atoms with E-state index in [4.69, 9.17) is 9.47 Å². The van der Waals surface area contributed by atoms with Crippen LogP contribution in [0, 0.1) is 5.92 Å². The molecule has 6 nitrogen and oxygen atoms in total. The van der Waals surface area contributed by atoms with Crippen LogP contribution in [0.1, 0.15) is 19.3 Å². The number of likely N-dealkylation sites (tertiary alicyclic amines) is 1. The largest absolute Gasteiger partial charge is 0.493 e. The van der Waals surface area contributed by atoms with Gasteiger partial charge in [-0.1, -0.05) is 30.3 Å². The SMILES string of the molecule is O=C(CCOc1ccccc1)N1CCCC(C(=O)N2CCOc3ccccc32)C1. The first-order valence-electron chi connectivity index (χ1n) is 10.2. The summed E-state index contributed by atoms with van der Waals surface area (Å²) in [4.78, 5) is 29.5. The van der Waals surface area contributed by atoms with E-state index < -0.39 is 0 Å². The van der Waals surface area contributed by atoms with Gasteiger partial charge < -0.3 is 19.3 Å². The van der Waals surface area contributed by atoms with Gasteiger partial charge in [-0.05, 0) is 37.1 Å². The van der Waals surface area contributed by atoms with Crippen molar-refractivity contribution < 1.29 is 19.1 Å². The van der Waals surface area contributed by atoms with E-state index in [-0.39, 0.29) is 17.7 Å². The third-order valence-corrected chi connectivity index (χ3v) is 5.45. The van der Waals surface area contributed by atoms with Gasteiger partial charge in [0, 0.05) is 13.1 Å². The van der Waals surface area contributed by atoms with Gasteiger partial charge in [0.2, 0.25) is 11.8 Å². The van der Waals surface area contributed by atoms with Gasteiger partial charge in [0.25, 0.3) is 0 Å². The van der Waals surface area contributed by atoms with E-state index >= 15 is 0 Å². The first kappa shape index (κ1) is 19.3. The van der Waals surface area contributed by atoms with Crippen LogP contribution in [0.15, 0.2) is 54.6 Å². The Balaban J connectivity index is 1.33. The Bertz CT molecular complexity index is 855. The van der Waals surface area contributed by atoms with Crippen LogP contribution in [0.2, 0.25) is 0 Å². The highest BCUT2D eigenvalue weighted by molar-refractivity contribution is 5.97. The molecule has 4 rings (SSSR count). The number of hydrogen-bond acceptors (Lipinski definition) is 4. The average molecular weight is 394 g/mol. The minimum atomic E-state index is -0.172. The number of piperidine rings is 1. The minimum absolute atomic E-state index is 0.0424. The summed E-state index contributed by atoms with van der Waals surface area (Å²) >= 11 is 0. The quantitative estimate of drug-likeness (QED) is 0.782. The maximum absolute atomic E-state index is 13.2. The molecule has 152 valence electrons. The number of para-hydroxylation sites is 3. The van der Waals surface area contributed by atoms with Crippen LogP contribution >= 0.6 is 0 Å². The van der Waals surface area contributed by atoms with Crippen LogP contribution in [-0.2, 0) is 9.59 Å². The number of nitrogens with zero attached hydrogens (tertiary/aromatic N) is 2. The Labute approximate surface area is 171 Å². The van der Waals surface area contributed by atoms with E-state index in [0.717, 1.165) is 30.0 Å². The van der Waals surface area contributed by atoms with Crippen LogP contribution in [0.4, 0.5) is 5.69 Å². The van der Waals surface area contributed by atoms with Gasteiger partial charge in [0.05, 0.1) is 31.2 Å². The third kappa shape index (κ3) is 4.53. The summed E-state index contributed by atoms with van der Waals surface area (Å²) in [5.41, 5.74) is 0.823. The number of hydrogen-bond donors (Lipinski definition) is 0. The second-order valence-electron chi connectivity index (χ2n) is 7.40. The zero-order valence-corrected chi connectivity index (χ0v) is 16.5. The molecule has 2 aromatic rings. The number of anilines is 1. The molecule has 0 aromatic heterocycles. The minimum Gasteiger partial charge on any atom is -0.493 e. The second kappa shape index (κ2) is 8.99. The molecule has 2 amide bonds. The van der Waals surface area contributed by atoms with Crippen molar-refractivity contribution in [1.82, 2.24) is 4.90 Å². The Morgan fingerprint density at radius 3 is 2.69 bits per heavy atom. The monoisotopic (exact) mass is 394 g/mol. The first-order chi connectivity index (χ1) is 14.2. The lowest BCUT2D eigenvalue weighted by molar-refractivity contribution is -0.135. The van der Waals surface area contributed by atoms with Crippen LogP contribution in [0.3, 0.4) is 0 Å². The summed E-state index contributed by atoms with van der Waals surface area (Å²) in [7, 11) is 0. The number of amides is 2. The molecule has 1 atom stereocenters. The summed E-state index contributed by atoms with van der Waals surface area (Å²) in [6.07, 6.45) is 1.96. The van der Waals surface area contributed by atoms with Gasteiger partial charge in [-0.25, -0.2) is 0 Å². The lowest BCUT2D eigenvalue weighted by Crippen LogP contribution is -2.48. The molecule has 2 aliphatic heterocycles. The molecule has 29 heavy (non-hydrogen) atoms. The molecule has 1 unspecified atom stereocenters. The molecule has 0 N–H and O–H groups in total. The molecule has 0 spiro atoms. The molecule has 2 aromatic carbocycles. The molecule has 0 aliphatic carbocycles. The number of rotatable bonds is 5. The Hall–Kier alpha value is -3.02. The van der Waals surface area contributed by atoms with E-state index in [9.17, 15) is 9.59 Å². The maximum Gasteiger partial charge on any atom is 0.232 e. The van der Waals surface area contributed by atoms with Gasteiger partial charge in [0.15, 0.2) is 0 Å². The third-order valence-electron chi connectivity index (χ3n) is 5.45. The number of benzene rings is 2. The van der Waals surface area contributed by atoms with Gasteiger partial charge in [-0.15, -0.1) is 0 Å². The van der Waals surface area contributed by atoms with E-state index in [2.05, 4.69) is 0 Å². The molecule has 0 radical (unpaired) electrons. The van der Waals surface area contributed by atoms with Gasteiger partial charge >= 0.3 is 0 Å². The Kier molecular flexibility index (Phi) is 5.98. The van der Waals surface area contributed by atoms with E-state index in [1.54, 1.807) is 0 Å². The number of carbonyl (C=O) groups is 2. The zero-order valence-electron chi connectivity index (χ0n) is 16.5. The smallest absolute Gasteiger partial charge is 0.232 e. The molecule has 1 saturated heterocycles. The van der Waals surface area contributed by atoms with Crippen molar-refractivity contribution in [2.45, 2.75) is 19.3 Å². The topological polar surface area (TPSA) is 59.1 Å². The summed E-state index contributed by atoms with van der Waals surface area (Å²) in [5, 5.41) is 0. The molecule has 1 fully saturated rings. The van der Waals surface area contributed by atoms with E-state index in [1.165, 1.54) is 0 Å². The normalized spacial score (nSPS) is 18.6. The van der Waals surface area contributed by atoms with Crippen LogP contribution in [0.25, 0.3) is 0 Å². The van der Waals surface area contributed by atoms with Crippen molar-refractivity contribution in [3.8, 4) is 11.5 Å². The van der Waals surface area contributed by atoms with Crippen LogP contribution in [0.5, 0.6) is 11.5 Å². The predicted molar refractivity (Wildman–Crippen MR) is 110 cm³/mol. The number of carbonyl (C=O) groups excluding carboxylic acids is 2. The predicted octanol–water partition coefficient (Wildman–Crippen LogP) is 3.12. The summed E-state index contributed by atoms with van der Waals surface area (Å²) in [5.74, 6) is 1.46. The van der Waals surface area contributed by atoms with Crippen molar-refractivity contribution in [3.05, 3.63) is 54.6 Å². The lowest BCUT2D eigenvalue weighted by Gasteiger charge is -2.36. The number of ether oxygens (including phenoxy) is 2. The zero-order chi connectivity index (χ0) is 20.1. The first-order valence-corrected chi connectivity index (χ1v) is 10.2. The highest BCUT2D eigenvalue weighted by Gasteiger charge is 2.33. The van der Waals surface area contributed by atoms with Gasteiger partial charge in [-0.2, -0.15) is 0 Å². The van der Waals surface area contributed by atoms with Crippen molar-refractivity contribution in [2.75, 3.05) is 37.7 Å². The molecule has 6 heteroatoms. The molecular weight excluding hydrogens is 368 g/mol. The molecular formula is C23H26N2O4. The highest BCUT2D eigenvalue weighted by Crippen LogP contribution is 2.33. The highest BCUT2D eigenvalue weighted by atomic mass is 16.5. The molecule has 0 bridgehead atoms. The van der Waals surface area contributed by atoms with Crippen molar-refractivity contribution in [1.29, 1.82) is 0 Å².